The summed E-state index contributed by atoms with van der Waals surface area (Å²) in [6.07, 6.45) is 11.2. The highest BCUT2D eigenvalue weighted by Gasteiger charge is 2.07. The van der Waals surface area contributed by atoms with Gasteiger partial charge >= 0.3 is 0 Å². The van der Waals surface area contributed by atoms with E-state index in [1.807, 2.05) is 0 Å². The number of phenolic OH excluding ortho intramolecular Hbond substituents is 2. The molecule has 0 aromatic heterocycles. The van der Waals surface area contributed by atoms with E-state index in [0.29, 0.717) is 13.0 Å². The van der Waals surface area contributed by atoms with E-state index in [4.69, 9.17) is 5.11 Å². The van der Waals surface area contributed by atoms with E-state index in [2.05, 4.69) is 0 Å². The van der Waals surface area contributed by atoms with Gasteiger partial charge in [0, 0.05) is 12.7 Å². The van der Waals surface area contributed by atoms with Gasteiger partial charge in [0.25, 0.3) is 0 Å². The summed E-state index contributed by atoms with van der Waals surface area (Å²) in [4.78, 5) is 0. The van der Waals surface area contributed by atoms with Crippen LogP contribution in [0.1, 0.15) is 69.8 Å². The molecule has 0 saturated carbocycles. The molecular weight excluding hydrogens is 292 g/mol. The Bertz CT molecular complexity index is 400. The maximum Gasteiger partial charge on any atom is 0.119 e. The number of unbranched alkanes of at least 4 members (excludes halogenated alkanes) is 8. The van der Waals surface area contributed by atoms with Crippen LogP contribution in [0, 0.1) is 0 Å². The van der Waals surface area contributed by atoms with Crippen molar-refractivity contribution in [3.05, 3.63) is 23.8 Å². The van der Waals surface area contributed by atoms with Crippen molar-refractivity contribution < 1.29 is 20.4 Å². The zero-order chi connectivity index (χ0) is 16.9. The van der Waals surface area contributed by atoms with Crippen LogP contribution >= 0.6 is 0 Å². The summed E-state index contributed by atoms with van der Waals surface area (Å²) in [5, 5.41) is 37.5. The van der Waals surface area contributed by atoms with Crippen LogP contribution in [0.5, 0.6) is 11.5 Å². The molecule has 1 unspecified atom stereocenters. The maximum atomic E-state index is 10.0. The third-order valence-corrected chi connectivity index (χ3v) is 4.13. The fourth-order valence-electron chi connectivity index (χ4n) is 2.88. The minimum Gasteiger partial charge on any atom is -0.508 e. The van der Waals surface area contributed by atoms with Crippen LogP contribution in [0.25, 0.3) is 0 Å². The van der Waals surface area contributed by atoms with Crippen molar-refractivity contribution in [1.29, 1.82) is 0 Å². The normalized spacial score (nSPS) is 12.4. The molecule has 0 spiro atoms. The van der Waals surface area contributed by atoms with Gasteiger partial charge in [-0.1, -0.05) is 51.4 Å². The summed E-state index contributed by atoms with van der Waals surface area (Å²) in [5.41, 5.74) is 0.762. The van der Waals surface area contributed by atoms with Gasteiger partial charge in [0.05, 0.1) is 6.10 Å². The van der Waals surface area contributed by atoms with Crippen molar-refractivity contribution >= 4 is 0 Å². The van der Waals surface area contributed by atoms with Crippen LogP contribution in [0.3, 0.4) is 0 Å². The van der Waals surface area contributed by atoms with E-state index in [-0.39, 0.29) is 11.5 Å². The topological polar surface area (TPSA) is 80.9 Å². The average molecular weight is 324 g/mol. The molecule has 1 rings (SSSR count). The summed E-state index contributed by atoms with van der Waals surface area (Å²) in [5.74, 6) is 0.0670. The lowest BCUT2D eigenvalue weighted by Gasteiger charge is -2.11. The Morgan fingerprint density at radius 3 is 1.70 bits per heavy atom. The highest BCUT2D eigenvalue weighted by Crippen LogP contribution is 2.22. The molecule has 0 saturated heterocycles. The molecule has 1 atom stereocenters. The summed E-state index contributed by atoms with van der Waals surface area (Å²) < 4.78 is 0. The number of hydrogen-bond donors (Lipinski definition) is 4. The second-order valence-corrected chi connectivity index (χ2v) is 6.41. The molecule has 0 heterocycles. The first kappa shape index (κ1) is 19.8. The average Bonchev–Trinajstić information content (AvgIpc) is 2.48. The Morgan fingerprint density at radius 1 is 0.696 bits per heavy atom. The Morgan fingerprint density at radius 2 is 1.17 bits per heavy atom. The number of hydrogen-bond acceptors (Lipinski definition) is 4. The van der Waals surface area contributed by atoms with Gasteiger partial charge in [0.2, 0.25) is 0 Å². The molecular formula is C19H32O4. The van der Waals surface area contributed by atoms with Crippen LogP contribution in [-0.2, 0) is 6.42 Å². The van der Waals surface area contributed by atoms with Gasteiger partial charge in [0.15, 0.2) is 0 Å². The third kappa shape index (κ3) is 10.2. The molecule has 0 bridgehead atoms. The molecule has 0 aliphatic rings. The lowest BCUT2D eigenvalue weighted by Crippen LogP contribution is -2.10. The van der Waals surface area contributed by atoms with Gasteiger partial charge in [-0.05, 0) is 37.0 Å². The van der Waals surface area contributed by atoms with Gasteiger partial charge < -0.3 is 20.4 Å². The minimum atomic E-state index is -0.422. The van der Waals surface area contributed by atoms with Gasteiger partial charge in [-0.25, -0.2) is 0 Å². The second kappa shape index (κ2) is 12.2. The Labute approximate surface area is 139 Å². The van der Waals surface area contributed by atoms with Crippen LogP contribution < -0.4 is 0 Å². The largest absolute Gasteiger partial charge is 0.508 e. The number of rotatable bonds is 13. The van der Waals surface area contributed by atoms with Crippen molar-refractivity contribution in [1.82, 2.24) is 0 Å². The molecule has 1 aromatic rings. The van der Waals surface area contributed by atoms with Crippen molar-refractivity contribution in [2.24, 2.45) is 0 Å². The number of aromatic hydroxyl groups is 2. The number of phenols is 2. The number of aliphatic hydroxyl groups is 2. The van der Waals surface area contributed by atoms with Crippen LogP contribution in [0.15, 0.2) is 18.2 Å². The Balaban J connectivity index is 2.00. The Hall–Kier alpha value is -1.26. The molecule has 0 aliphatic carbocycles. The first-order valence-corrected chi connectivity index (χ1v) is 8.92. The summed E-state index contributed by atoms with van der Waals surface area (Å²) in [6.45, 7) is 0.310. The van der Waals surface area contributed by atoms with Crippen molar-refractivity contribution in [3.63, 3.8) is 0 Å². The third-order valence-electron chi connectivity index (χ3n) is 4.13. The van der Waals surface area contributed by atoms with E-state index in [9.17, 15) is 15.3 Å². The second-order valence-electron chi connectivity index (χ2n) is 6.41. The Kier molecular flexibility index (Phi) is 10.5. The minimum absolute atomic E-state index is 0.0335. The maximum absolute atomic E-state index is 10.0. The lowest BCUT2D eigenvalue weighted by atomic mass is 10.0. The van der Waals surface area contributed by atoms with Crippen molar-refractivity contribution in [3.8, 4) is 11.5 Å². The van der Waals surface area contributed by atoms with Crippen LogP contribution in [0.4, 0.5) is 0 Å². The zero-order valence-corrected chi connectivity index (χ0v) is 14.1. The summed E-state index contributed by atoms with van der Waals surface area (Å²) in [6, 6.07) is 4.46. The molecule has 132 valence electrons. The van der Waals surface area contributed by atoms with Crippen molar-refractivity contribution in [2.75, 3.05) is 6.61 Å². The highest BCUT2D eigenvalue weighted by molar-refractivity contribution is 5.36. The van der Waals surface area contributed by atoms with Gasteiger partial charge in [0.1, 0.15) is 11.5 Å². The quantitative estimate of drug-likeness (QED) is 0.415. The molecule has 0 amide bonds. The predicted octanol–water partition coefficient (Wildman–Crippen LogP) is 3.89. The van der Waals surface area contributed by atoms with E-state index in [1.54, 1.807) is 12.1 Å². The molecule has 4 heteroatoms. The first-order valence-electron chi connectivity index (χ1n) is 8.92. The van der Waals surface area contributed by atoms with Crippen LogP contribution in [-0.4, -0.2) is 33.1 Å². The lowest BCUT2D eigenvalue weighted by molar-refractivity contribution is 0.160. The fraction of sp³-hybridized carbons (Fsp3) is 0.684. The van der Waals surface area contributed by atoms with Crippen molar-refractivity contribution in [2.45, 2.75) is 76.7 Å². The molecule has 4 N–H and O–H groups in total. The first-order chi connectivity index (χ1) is 11.1. The monoisotopic (exact) mass is 324 g/mol. The van der Waals surface area contributed by atoms with E-state index >= 15 is 0 Å². The zero-order valence-electron chi connectivity index (χ0n) is 14.1. The summed E-state index contributed by atoms with van der Waals surface area (Å²) >= 11 is 0. The van der Waals surface area contributed by atoms with E-state index in [1.165, 1.54) is 38.2 Å². The summed E-state index contributed by atoms with van der Waals surface area (Å²) in [7, 11) is 0. The molecule has 0 aliphatic heterocycles. The smallest absolute Gasteiger partial charge is 0.119 e. The molecule has 0 fully saturated rings. The highest BCUT2D eigenvalue weighted by atomic mass is 16.3. The number of benzene rings is 1. The van der Waals surface area contributed by atoms with Gasteiger partial charge in [-0.3, -0.25) is 0 Å². The molecule has 1 aromatic carbocycles. The molecule has 0 radical (unpaired) electrons. The van der Waals surface area contributed by atoms with E-state index < -0.39 is 6.10 Å². The predicted molar refractivity (Wildman–Crippen MR) is 92.7 cm³/mol. The standard InChI is InChI=1S/C19H32O4/c20-11-9-7-5-3-1-2-4-6-8-10-17(21)12-16-13-18(22)15-19(23)14-16/h13-15,17,20-23H,1-12H2. The fourth-order valence-corrected chi connectivity index (χ4v) is 2.88. The number of aliphatic hydroxyl groups excluding tert-OH is 2. The van der Waals surface area contributed by atoms with E-state index in [0.717, 1.165) is 37.7 Å². The van der Waals surface area contributed by atoms with Crippen LogP contribution in [0.2, 0.25) is 0 Å². The molecule has 23 heavy (non-hydrogen) atoms. The van der Waals surface area contributed by atoms with Gasteiger partial charge in [-0.2, -0.15) is 0 Å². The molecule has 4 nitrogen and oxygen atoms in total. The van der Waals surface area contributed by atoms with Gasteiger partial charge in [-0.15, -0.1) is 0 Å². The SMILES string of the molecule is OCCCCCCCCCCCC(O)Cc1cc(O)cc(O)c1.